The summed E-state index contributed by atoms with van der Waals surface area (Å²) < 4.78 is 5.33. The molecule has 4 rings (SSSR count). The molecule has 1 N–H and O–H groups in total. The summed E-state index contributed by atoms with van der Waals surface area (Å²) in [5, 5.41) is 13.3. The van der Waals surface area contributed by atoms with Crippen molar-refractivity contribution in [3.63, 3.8) is 0 Å². The molecule has 9 nitrogen and oxygen atoms in total. The monoisotopic (exact) mass is 417 g/mol. The minimum absolute atomic E-state index is 0.0817. The number of amides is 3. The van der Waals surface area contributed by atoms with Gasteiger partial charge in [0.2, 0.25) is 0 Å². The number of carbonyl (C=O) groups excluding carboxylic acids is 3. The third kappa shape index (κ3) is 3.97. The first-order chi connectivity index (χ1) is 14.9. The molecular formula is C22H15N3O6. The van der Waals surface area contributed by atoms with Gasteiger partial charge in [0.1, 0.15) is 5.75 Å². The highest BCUT2D eigenvalue weighted by Crippen LogP contribution is 2.29. The third-order valence-corrected chi connectivity index (χ3v) is 4.60. The molecular weight excluding hydrogens is 402 g/mol. The molecule has 0 saturated heterocycles. The zero-order chi connectivity index (χ0) is 22.0. The van der Waals surface area contributed by atoms with Gasteiger partial charge < -0.3 is 10.1 Å². The van der Waals surface area contributed by atoms with E-state index >= 15 is 0 Å². The van der Waals surface area contributed by atoms with Crippen LogP contribution in [0, 0.1) is 10.1 Å². The Morgan fingerprint density at radius 2 is 1.58 bits per heavy atom. The van der Waals surface area contributed by atoms with E-state index in [9.17, 15) is 24.5 Å². The molecule has 0 atom stereocenters. The molecule has 3 aromatic carbocycles. The molecule has 3 amide bonds. The van der Waals surface area contributed by atoms with Crippen molar-refractivity contribution in [1.82, 2.24) is 0 Å². The Balaban J connectivity index is 1.42. The van der Waals surface area contributed by atoms with E-state index in [0.29, 0.717) is 28.3 Å². The van der Waals surface area contributed by atoms with Crippen LogP contribution >= 0.6 is 0 Å². The van der Waals surface area contributed by atoms with E-state index in [1.165, 1.54) is 30.3 Å². The van der Waals surface area contributed by atoms with E-state index in [2.05, 4.69) is 5.32 Å². The first-order valence-corrected chi connectivity index (χ1v) is 9.19. The van der Waals surface area contributed by atoms with Crippen LogP contribution in [0.5, 0.6) is 5.75 Å². The molecule has 0 aliphatic carbocycles. The van der Waals surface area contributed by atoms with Gasteiger partial charge in [0.15, 0.2) is 6.61 Å². The summed E-state index contributed by atoms with van der Waals surface area (Å²) in [6.07, 6.45) is 0. The number of nitro groups is 1. The summed E-state index contributed by atoms with van der Waals surface area (Å²) in [6, 6.07) is 18.3. The quantitative estimate of drug-likeness (QED) is 0.373. The highest BCUT2D eigenvalue weighted by Gasteiger charge is 2.36. The van der Waals surface area contributed by atoms with Crippen LogP contribution in [0.25, 0.3) is 0 Å². The standard InChI is InChI=1S/C22H15N3O6/c26-20(13-31-17-10-8-15(9-11-17)25(29)30)23-14-4-3-5-16(12-14)24-21(27)18-6-1-2-7-19(18)22(24)28/h1-12H,13H2,(H,23,26). The lowest BCUT2D eigenvalue weighted by atomic mass is 10.1. The minimum atomic E-state index is -0.530. The molecule has 1 aliphatic rings. The van der Waals surface area contributed by atoms with Gasteiger partial charge in [0.05, 0.1) is 21.7 Å². The molecule has 31 heavy (non-hydrogen) atoms. The number of carbonyl (C=O) groups is 3. The maximum Gasteiger partial charge on any atom is 0.269 e. The number of benzene rings is 3. The molecule has 0 radical (unpaired) electrons. The molecule has 0 fully saturated rings. The Kier molecular flexibility index (Phi) is 5.15. The van der Waals surface area contributed by atoms with E-state index in [4.69, 9.17) is 4.74 Å². The van der Waals surface area contributed by atoms with Gasteiger partial charge in [-0.15, -0.1) is 0 Å². The Labute approximate surface area is 176 Å². The fourth-order valence-corrected chi connectivity index (χ4v) is 3.16. The number of nitro benzene ring substituents is 1. The van der Waals surface area contributed by atoms with Crippen molar-refractivity contribution in [3.8, 4) is 5.75 Å². The molecule has 3 aromatic rings. The topological polar surface area (TPSA) is 119 Å². The second-order valence-corrected chi connectivity index (χ2v) is 6.63. The fraction of sp³-hybridized carbons (Fsp3) is 0.0455. The number of anilines is 2. The van der Waals surface area contributed by atoms with Crippen LogP contribution in [0.3, 0.4) is 0 Å². The number of nitrogens with zero attached hydrogens (tertiary/aromatic N) is 2. The van der Waals surface area contributed by atoms with Gasteiger partial charge >= 0.3 is 0 Å². The van der Waals surface area contributed by atoms with Crippen molar-refractivity contribution < 1.29 is 24.0 Å². The predicted molar refractivity (Wildman–Crippen MR) is 111 cm³/mol. The highest BCUT2D eigenvalue weighted by molar-refractivity contribution is 6.34. The number of rotatable bonds is 6. The highest BCUT2D eigenvalue weighted by atomic mass is 16.6. The largest absolute Gasteiger partial charge is 0.484 e. The second kappa shape index (κ2) is 8.07. The first kappa shape index (κ1) is 19.8. The van der Waals surface area contributed by atoms with Crippen LogP contribution in [-0.4, -0.2) is 29.3 Å². The van der Waals surface area contributed by atoms with Gasteiger partial charge in [-0.1, -0.05) is 18.2 Å². The van der Waals surface area contributed by atoms with Crippen molar-refractivity contribution in [1.29, 1.82) is 0 Å². The van der Waals surface area contributed by atoms with E-state index in [1.54, 1.807) is 42.5 Å². The van der Waals surface area contributed by atoms with Gasteiger partial charge in [-0.05, 0) is 42.5 Å². The lowest BCUT2D eigenvalue weighted by Crippen LogP contribution is -2.29. The van der Waals surface area contributed by atoms with Crippen molar-refractivity contribution in [2.45, 2.75) is 0 Å². The van der Waals surface area contributed by atoms with Crippen LogP contribution < -0.4 is 15.0 Å². The molecule has 1 aliphatic heterocycles. The van der Waals surface area contributed by atoms with Crippen molar-refractivity contribution in [3.05, 3.63) is 94.0 Å². The molecule has 9 heteroatoms. The lowest BCUT2D eigenvalue weighted by molar-refractivity contribution is -0.384. The number of non-ortho nitro benzene ring substituents is 1. The summed E-state index contributed by atoms with van der Waals surface area (Å²) in [7, 11) is 0. The summed E-state index contributed by atoms with van der Waals surface area (Å²) >= 11 is 0. The zero-order valence-electron chi connectivity index (χ0n) is 16.0. The van der Waals surface area contributed by atoms with Crippen LogP contribution in [0.1, 0.15) is 20.7 Å². The van der Waals surface area contributed by atoms with Crippen LogP contribution in [0.4, 0.5) is 17.1 Å². The average molecular weight is 417 g/mol. The van der Waals surface area contributed by atoms with Crippen LogP contribution in [-0.2, 0) is 4.79 Å². The Morgan fingerprint density at radius 3 is 2.19 bits per heavy atom. The number of fused-ring (bicyclic) bond motifs is 1. The number of nitrogens with one attached hydrogen (secondary N) is 1. The van der Waals surface area contributed by atoms with Crippen molar-refractivity contribution in [2.24, 2.45) is 0 Å². The predicted octanol–water partition coefficient (Wildman–Crippen LogP) is 3.41. The van der Waals surface area contributed by atoms with Gasteiger partial charge in [-0.2, -0.15) is 0 Å². The molecule has 0 saturated carbocycles. The normalized spacial score (nSPS) is 12.5. The maximum absolute atomic E-state index is 12.6. The number of imide groups is 1. The molecule has 1 heterocycles. The van der Waals surface area contributed by atoms with Crippen LogP contribution in [0.2, 0.25) is 0 Å². The van der Waals surface area contributed by atoms with Gasteiger partial charge in [-0.3, -0.25) is 24.5 Å². The third-order valence-electron chi connectivity index (χ3n) is 4.60. The minimum Gasteiger partial charge on any atom is -0.484 e. The van der Waals surface area contributed by atoms with Crippen molar-refractivity contribution in [2.75, 3.05) is 16.8 Å². The van der Waals surface area contributed by atoms with Crippen LogP contribution in [0.15, 0.2) is 72.8 Å². The van der Waals surface area contributed by atoms with Gasteiger partial charge in [-0.25, -0.2) is 4.90 Å². The fourth-order valence-electron chi connectivity index (χ4n) is 3.16. The van der Waals surface area contributed by atoms with E-state index in [0.717, 1.165) is 4.90 Å². The number of hydrogen-bond donors (Lipinski definition) is 1. The maximum atomic E-state index is 12.6. The molecule has 0 bridgehead atoms. The first-order valence-electron chi connectivity index (χ1n) is 9.19. The van der Waals surface area contributed by atoms with E-state index in [-0.39, 0.29) is 12.3 Å². The summed E-state index contributed by atoms with van der Waals surface area (Å²) in [5.74, 6) is -1.02. The second-order valence-electron chi connectivity index (χ2n) is 6.63. The van der Waals surface area contributed by atoms with E-state index < -0.39 is 22.6 Å². The SMILES string of the molecule is O=C(COc1ccc([N+](=O)[O-])cc1)Nc1cccc(N2C(=O)c3ccccc3C2=O)c1. The Hall–Kier alpha value is -4.53. The summed E-state index contributed by atoms with van der Waals surface area (Å²) in [4.78, 5) is 48.7. The molecule has 0 spiro atoms. The van der Waals surface area contributed by atoms with E-state index in [1.807, 2.05) is 0 Å². The number of ether oxygens (including phenoxy) is 1. The van der Waals surface area contributed by atoms with Crippen molar-refractivity contribution >= 4 is 34.8 Å². The lowest BCUT2D eigenvalue weighted by Gasteiger charge is -2.15. The zero-order valence-corrected chi connectivity index (χ0v) is 16.0. The van der Waals surface area contributed by atoms with Gasteiger partial charge in [0.25, 0.3) is 23.4 Å². The smallest absolute Gasteiger partial charge is 0.269 e. The number of hydrogen-bond acceptors (Lipinski definition) is 6. The van der Waals surface area contributed by atoms with Gasteiger partial charge in [0, 0.05) is 17.8 Å². The Morgan fingerprint density at radius 1 is 0.935 bits per heavy atom. The molecule has 0 aromatic heterocycles. The molecule has 0 unspecified atom stereocenters. The molecule has 154 valence electrons. The Bertz CT molecular complexity index is 1170. The summed E-state index contributed by atoms with van der Waals surface area (Å²) in [6.45, 7) is -0.324. The average Bonchev–Trinajstić information content (AvgIpc) is 3.03. The summed E-state index contributed by atoms with van der Waals surface area (Å²) in [5.41, 5.74) is 1.30.